The molecule has 76 valence electrons. The van der Waals surface area contributed by atoms with Crippen molar-refractivity contribution in [1.29, 1.82) is 0 Å². The second kappa shape index (κ2) is 4.28. The number of hydrogen-bond donors (Lipinski definition) is 0. The van der Waals surface area contributed by atoms with Crippen LogP contribution in [-0.2, 0) is 10.3 Å². The first-order valence-electron chi connectivity index (χ1n) is 4.52. The molecule has 0 aliphatic carbocycles. The molecule has 0 unspecified atom stereocenters. The van der Waals surface area contributed by atoms with Crippen molar-refractivity contribution in [2.45, 2.75) is 26.4 Å². The predicted octanol–water partition coefficient (Wildman–Crippen LogP) is 1.56. The Kier molecular flexibility index (Phi) is 3.30. The predicted molar refractivity (Wildman–Crippen MR) is 52.1 cm³/mol. The largest absolute Gasteiger partial charge is 0.368 e. The van der Waals surface area contributed by atoms with Gasteiger partial charge in [0.05, 0.1) is 5.56 Å². The summed E-state index contributed by atoms with van der Waals surface area (Å²) in [4.78, 5) is 18.5. The van der Waals surface area contributed by atoms with Gasteiger partial charge in [-0.3, -0.25) is 4.79 Å². The van der Waals surface area contributed by atoms with Gasteiger partial charge < -0.3 is 4.74 Å². The maximum absolute atomic E-state index is 10.4. The van der Waals surface area contributed by atoms with Crippen LogP contribution in [0.2, 0.25) is 0 Å². The number of aldehydes is 1. The third kappa shape index (κ3) is 2.35. The summed E-state index contributed by atoms with van der Waals surface area (Å²) in [5.74, 6) is 0.588. The highest BCUT2D eigenvalue weighted by molar-refractivity contribution is 5.73. The van der Waals surface area contributed by atoms with Crippen LogP contribution in [0.1, 0.15) is 37.0 Å². The molecule has 0 radical (unpaired) electrons. The van der Waals surface area contributed by atoms with E-state index >= 15 is 0 Å². The minimum atomic E-state index is -0.504. The summed E-state index contributed by atoms with van der Waals surface area (Å²) in [6.07, 6.45) is 3.71. The zero-order valence-corrected chi connectivity index (χ0v) is 8.65. The third-order valence-electron chi connectivity index (χ3n) is 1.85. The molecule has 0 spiro atoms. The van der Waals surface area contributed by atoms with Crippen LogP contribution in [-0.4, -0.2) is 22.9 Å². The summed E-state index contributed by atoms with van der Waals surface area (Å²) in [5, 5.41) is 0. The van der Waals surface area contributed by atoms with Gasteiger partial charge in [0.15, 0.2) is 12.1 Å². The van der Waals surface area contributed by atoms with E-state index in [2.05, 4.69) is 9.97 Å². The van der Waals surface area contributed by atoms with Crippen LogP contribution in [0.15, 0.2) is 12.4 Å². The fourth-order valence-electron chi connectivity index (χ4n) is 1.14. The van der Waals surface area contributed by atoms with Crippen molar-refractivity contribution >= 4 is 6.29 Å². The average molecular weight is 194 g/mol. The van der Waals surface area contributed by atoms with E-state index < -0.39 is 5.60 Å². The van der Waals surface area contributed by atoms with E-state index in [-0.39, 0.29) is 0 Å². The fourth-order valence-corrected chi connectivity index (χ4v) is 1.14. The summed E-state index contributed by atoms with van der Waals surface area (Å²) in [5.41, 5.74) is -0.0306. The average Bonchev–Trinajstić information content (AvgIpc) is 2.18. The minimum absolute atomic E-state index is 0.473. The molecule has 4 nitrogen and oxygen atoms in total. The van der Waals surface area contributed by atoms with Gasteiger partial charge in [-0.1, -0.05) is 0 Å². The normalized spacial score (nSPS) is 11.4. The summed E-state index contributed by atoms with van der Waals surface area (Å²) < 4.78 is 5.48. The Labute approximate surface area is 83.3 Å². The Bertz CT molecular complexity index is 306. The van der Waals surface area contributed by atoms with Crippen molar-refractivity contribution in [1.82, 2.24) is 9.97 Å². The lowest BCUT2D eigenvalue weighted by molar-refractivity contribution is -0.0208. The minimum Gasteiger partial charge on any atom is -0.368 e. The lowest BCUT2D eigenvalue weighted by atomic mass is 10.1. The van der Waals surface area contributed by atoms with E-state index in [1.165, 1.54) is 12.4 Å². The molecule has 4 heteroatoms. The molecule has 14 heavy (non-hydrogen) atoms. The van der Waals surface area contributed by atoms with Crippen molar-refractivity contribution in [3.05, 3.63) is 23.8 Å². The van der Waals surface area contributed by atoms with Crippen LogP contribution in [0.25, 0.3) is 0 Å². The summed E-state index contributed by atoms with van der Waals surface area (Å²) >= 11 is 0. The van der Waals surface area contributed by atoms with Crippen molar-refractivity contribution in [3.8, 4) is 0 Å². The molecule has 0 atom stereocenters. The number of hydrogen-bond acceptors (Lipinski definition) is 4. The Morgan fingerprint density at radius 1 is 1.43 bits per heavy atom. The molecule has 0 fully saturated rings. The van der Waals surface area contributed by atoms with Gasteiger partial charge >= 0.3 is 0 Å². The van der Waals surface area contributed by atoms with E-state index in [1.807, 2.05) is 20.8 Å². The zero-order valence-electron chi connectivity index (χ0n) is 8.65. The number of ether oxygens (including phenoxy) is 1. The molecule has 0 N–H and O–H groups in total. The van der Waals surface area contributed by atoms with Crippen LogP contribution >= 0.6 is 0 Å². The van der Waals surface area contributed by atoms with Crippen LogP contribution in [0.5, 0.6) is 0 Å². The summed E-state index contributed by atoms with van der Waals surface area (Å²) in [6, 6.07) is 0. The van der Waals surface area contributed by atoms with Crippen LogP contribution in [0, 0.1) is 0 Å². The van der Waals surface area contributed by atoms with Crippen LogP contribution in [0.3, 0.4) is 0 Å². The number of carbonyl (C=O) groups excluding carboxylic acids is 1. The van der Waals surface area contributed by atoms with E-state index in [4.69, 9.17) is 4.74 Å². The molecule has 0 aliphatic heterocycles. The number of nitrogens with zero attached hydrogens (tertiary/aromatic N) is 2. The number of rotatable bonds is 4. The lowest BCUT2D eigenvalue weighted by Crippen LogP contribution is -2.24. The van der Waals surface area contributed by atoms with Crippen molar-refractivity contribution < 1.29 is 9.53 Å². The van der Waals surface area contributed by atoms with Gasteiger partial charge in [0.2, 0.25) is 0 Å². The fraction of sp³-hybridized carbons (Fsp3) is 0.500. The lowest BCUT2D eigenvalue weighted by Gasteiger charge is -2.22. The second-order valence-corrected chi connectivity index (χ2v) is 3.40. The molecule has 0 amide bonds. The Morgan fingerprint density at radius 3 is 2.43 bits per heavy atom. The van der Waals surface area contributed by atoms with Crippen LogP contribution < -0.4 is 0 Å². The van der Waals surface area contributed by atoms with Crippen molar-refractivity contribution in [2.75, 3.05) is 6.61 Å². The first-order chi connectivity index (χ1) is 6.60. The monoisotopic (exact) mass is 194 g/mol. The smallest absolute Gasteiger partial charge is 0.159 e. The maximum atomic E-state index is 10.4. The highest BCUT2D eigenvalue weighted by atomic mass is 16.5. The quantitative estimate of drug-likeness (QED) is 0.682. The molecule has 1 aromatic heterocycles. The highest BCUT2D eigenvalue weighted by Gasteiger charge is 2.23. The van der Waals surface area contributed by atoms with Gasteiger partial charge in [0, 0.05) is 19.0 Å². The van der Waals surface area contributed by atoms with E-state index in [1.54, 1.807) is 0 Å². The van der Waals surface area contributed by atoms with Crippen molar-refractivity contribution in [3.63, 3.8) is 0 Å². The highest BCUT2D eigenvalue weighted by Crippen LogP contribution is 2.19. The standard InChI is InChI=1S/C10H14N2O2/c1-4-14-10(2,3)9-11-5-8(7-13)6-12-9/h5-7H,4H2,1-3H3. The first kappa shape index (κ1) is 10.8. The summed E-state index contributed by atoms with van der Waals surface area (Å²) in [7, 11) is 0. The number of aromatic nitrogens is 2. The van der Waals surface area contributed by atoms with E-state index in [9.17, 15) is 4.79 Å². The van der Waals surface area contributed by atoms with Gasteiger partial charge in [-0.25, -0.2) is 9.97 Å². The van der Waals surface area contributed by atoms with Gasteiger partial charge in [-0.15, -0.1) is 0 Å². The SMILES string of the molecule is CCOC(C)(C)c1ncc(C=O)cn1. The van der Waals surface area contributed by atoms with Gasteiger partial charge in [-0.2, -0.15) is 0 Å². The molecule has 1 heterocycles. The van der Waals surface area contributed by atoms with Crippen molar-refractivity contribution in [2.24, 2.45) is 0 Å². The zero-order chi connectivity index (χ0) is 10.6. The van der Waals surface area contributed by atoms with Gasteiger partial charge in [-0.05, 0) is 20.8 Å². The maximum Gasteiger partial charge on any atom is 0.159 e. The molecular formula is C10H14N2O2. The Morgan fingerprint density at radius 2 is 2.00 bits per heavy atom. The molecule has 0 bridgehead atoms. The van der Waals surface area contributed by atoms with E-state index in [0.717, 1.165) is 6.29 Å². The second-order valence-electron chi connectivity index (χ2n) is 3.40. The molecule has 0 aromatic carbocycles. The molecule has 1 aromatic rings. The topological polar surface area (TPSA) is 52.1 Å². The van der Waals surface area contributed by atoms with E-state index in [0.29, 0.717) is 18.0 Å². The van der Waals surface area contributed by atoms with Gasteiger partial charge in [0.1, 0.15) is 5.60 Å². The van der Waals surface area contributed by atoms with Gasteiger partial charge in [0.25, 0.3) is 0 Å². The Balaban J connectivity index is 2.90. The molecule has 0 saturated heterocycles. The van der Waals surface area contributed by atoms with Crippen LogP contribution in [0.4, 0.5) is 0 Å². The molecule has 0 saturated carbocycles. The Hall–Kier alpha value is -1.29. The number of carbonyl (C=O) groups is 1. The molecule has 0 aliphatic rings. The third-order valence-corrected chi connectivity index (χ3v) is 1.85. The molecular weight excluding hydrogens is 180 g/mol. The first-order valence-corrected chi connectivity index (χ1v) is 4.52. The summed E-state index contributed by atoms with van der Waals surface area (Å²) in [6.45, 7) is 6.31. The molecule has 1 rings (SSSR count).